The topological polar surface area (TPSA) is 171 Å². The molecule has 2 aliphatic heterocycles. The molecule has 6 N–H and O–H groups in total. The summed E-state index contributed by atoms with van der Waals surface area (Å²) in [4.78, 5) is 0. The highest BCUT2D eigenvalue weighted by molar-refractivity contribution is 5.29. The molecule has 238 valence electrons. The molecule has 3 heterocycles. The quantitative estimate of drug-likeness (QED) is 0.240. The Hall–Kier alpha value is -1.38. The van der Waals surface area contributed by atoms with E-state index < -0.39 is 61.9 Å². The zero-order valence-electron chi connectivity index (χ0n) is 25.0. The van der Waals surface area contributed by atoms with Crippen LogP contribution in [0.15, 0.2) is 34.2 Å². The van der Waals surface area contributed by atoms with Crippen molar-refractivity contribution in [2.45, 2.75) is 128 Å². The normalized spacial score (nSPS) is 44.2. The van der Waals surface area contributed by atoms with Crippen molar-refractivity contribution in [3.8, 4) is 0 Å². The van der Waals surface area contributed by atoms with E-state index in [9.17, 15) is 30.6 Å². The fourth-order valence-electron chi connectivity index (χ4n) is 8.05. The van der Waals surface area contributed by atoms with Crippen LogP contribution in [0, 0.1) is 16.7 Å². The highest BCUT2D eigenvalue weighted by Gasteiger charge is 2.57. The fourth-order valence-corrected chi connectivity index (χ4v) is 8.05. The van der Waals surface area contributed by atoms with Gasteiger partial charge in [-0.15, -0.1) is 0 Å². The van der Waals surface area contributed by atoms with E-state index in [1.54, 1.807) is 12.5 Å². The Bertz CT molecular complexity index is 1070. The van der Waals surface area contributed by atoms with Gasteiger partial charge in [-0.3, -0.25) is 0 Å². The van der Waals surface area contributed by atoms with Gasteiger partial charge < -0.3 is 54.0 Å². The van der Waals surface area contributed by atoms with Gasteiger partial charge in [0.2, 0.25) is 0 Å². The van der Waals surface area contributed by atoms with Crippen LogP contribution in [0.1, 0.15) is 65.4 Å². The third-order valence-electron chi connectivity index (χ3n) is 10.5. The van der Waals surface area contributed by atoms with Gasteiger partial charge in [-0.05, 0) is 73.8 Å². The molecule has 0 radical (unpaired) electrons. The first-order valence-electron chi connectivity index (χ1n) is 15.2. The van der Waals surface area contributed by atoms with E-state index in [0.29, 0.717) is 12.3 Å². The van der Waals surface area contributed by atoms with Crippen molar-refractivity contribution in [1.29, 1.82) is 0 Å². The Balaban J connectivity index is 1.35. The molecular weight excluding hydrogens is 548 g/mol. The predicted molar refractivity (Wildman–Crippen MR) is 149 cm³/mol. The summed E-state index contributed by atoms with van der Waals surface area (Å²) in [5, 5.41) is 61.9. The third kappa shape index (κ3) is 5.85. The number of ether oxygens (including phenoxy) is 4. The van der Waals surface area contributed by atoms with Gasteiger partial charge in [0.05, 0.1) is 31.8 Å². The maximum atomic E-state index is 11.0. The van der Waals surface area contributed by atoms with Crippen molar-refractivity contribution in [3.63, 3.8) is 0 Å². The van der Waals surface area contributed by atoms with Crippen molar-refractivity contribution in [3.05, 3.63) is 35.3 Å². The average molecular weight is 597 g/mol. The summed E-state index contributed by atoms with van der Waals surface area (Å²) < 4.78 is 29.1. The van der Waals surface area contributed by atoms with E-state index in [1.165, 1.54) is 16.7 Å². The number of aryl methyl sites for hydroxylation is 1. The lowest BCUT2D eigenvalue weighted by Crippen LogP contribution is -2.64. The monoisotopic (exact) mass is 596 g/mol. The highest BCUT2D eigenvalue weighted by atomic mass is 16.8. The second kappa shape index (κ2) is 12.5. The molecule has 0 amide bonds. The average Bonchev–Trinajstić information content (AvgIpc) is 3.47. The summed E-state index contributed by atoms with van der Waals surface area (Å²) in [7, 11) is 0. The molecule has 0 bridgehead atoms. The van der Waals surface area contributed by atoms with Crippen LogP contribution in [0.4, 0.5) is 0 Å². The third-order valence-corrected chi connectivity index (χ3v) is 10.5. The Morgan fingerprint density at radius 3 is 2.38 bits per heavy atom. The second-order valence-electron chi connectivity index (χ2n) is 13.4. The van der Waals surface area contributed by atoms with Crippen LogP contribution < -0.4 is 0 Å². The van der Waals surface area contributed by atoms with Gasteiger partial charge in [0.1, 0.15) is 42.7 Å². The minimum atomic E-state index is -1.60. The summed E-state index contributed by atoms with van der Waals surface area (Å²) in [5.41, 5.74) is 3.83. The van der Waals surface area contributed by atoms with E-state index in [0.717, 1.165) is 32.1 Å². The van der Waals surface area contributed by atoms with Gasteiger partial charge in [-0.1, -0.05) is 31.9 Å². The van der Waals surface area contributed by atoms with Crippen molar-refractivity contribution in [2.24, 2.45) is 16.7 Å². The van der Waals surface area contributed by atoms with E-state index >= 15 is 0 Å². The Morgan fingerprint density at radius 2 is 1.69 bits per heavy atom. The molecule has 42 heavy (non-hydrogen) atoms. The van der Waals surface area contributed by atoms with E-state index in [4.69, 9.17) is 23.4 Å². The molecule has 3 fully saturated rings. The predicted octanol–water partition coefficient (Wildman–Crippen LogP) is 1.41. The SMILES string of the molecule is CC1=C(CCc2ccoc2)[C@@]2(C)CC[C@H](O[C@@H]3O[C@H](CO)[C@@H](O)[C@H](O)[C@H]3O[C@@H]3OC[C@@H](O)[C@H](O)[C@H]3O)C(C)(C)[C@@H]2CC1. The largest absolute Gasteiger partial charge is 0.472 e. The van der Waals surface area contributed by atoms with E-state index in [2.05, 4.69) is 27.7 Å². The highest BCUT2D eigenvalue weighted by Crippen LogP contribution is 2.61. The van der Waals surface area contributed by atoms with Gasteiger partial charge in [-0.2, -0.15) is 0 Å². The second-order valence-corrected chi connectivity index (χ2v) is 13.4. The lowest BCUT2D eigenvalue weighted by atomic mass is 9.49. The molecule has 2 saturated heterocycles. The fraction of sp³-hybridized carbons (Fsp3) is 0.806. The summed E-state index contributed by atoms with van der Waals surface area (Å²) in [6, 6.07) is 2.01. The minimum absolute atomic E-state index is 0.0148. The number of aliphatic hydroxyl groups excluding tert-OH is 6. The number of fused-ring (bicyclic) bond motifs is 1. The number of aliphatic hydroxyl groups is 6. The van der Waals surface area contributed by atoms with Crippen molar-refractivity contribution in [1.82, 2.24) is 0 Å². The smallest absolute Gasteiger partial charge is 0.187 e. The standard InChI is InChI=1S/C31H48O11/c1-16-5-8-21-30(2,3)22(9-11-31(21,4)18(16)7-6-17-10-12-38-14-17)41-29-27(25(36)24(35)20(13-32)40-29)42-28-26(37)23(34)19(33)15-39-28/h10,12,14,19-29,32-37H,5-9,11,13,15H2,1-4H3/t19-,20-,21+,22+,23+,24-,25+,26-,27-,28+,29+,31-/m1/s1. The van der Waals surface area contributed by atoms with Crippen molar-refractivity contribution in [2.75, 3.05) is 13.2 Å². The molecule has 0 aromatic carbocycles. The maximum absolute atomic E-state index is 11.0. The maximum Gasteiger partial charge on any atom is 0.187 e. The number of rotatable bonds is 8. The zero-order chi connectivity index (χ0) is 30.4. The summed E-state index contributed by atoms with van der Waals surface area (Å²) in [6.07, 6.45) is -3.70. The van der Waals surface area contributed by atoms with Gasteiger partial charge in [0.15, 0.2) is 12.6 Å². The minimum Gasteiger partial charge on any atom is -0.472 e. The molecule has 2 aliphatic carbocycles. The van der Waals surface area contributed by atoms with E-state index in [1.807, 2.05) is 6.07 Å². The molecule has 1 aromatic rings. The summed E-state index contributed by atoms with van der Waals surface area (Å²) in [6.45, 7) is 8.19. The number of hydrogen-bond acceptors (Lipinski definition) is 11. The lowest BCUT2D eigenvalue weighted by Gasteiger charge is -2.58. The molecule has 11 heteroatoms. The van der Waals surface area contributed by atoms with Crippen LogP contribution in [0.5, 0.6) is 0 Å². The van der Waals surface area contributed by atoms with Gasteiger partial charge >= 0.3 is 0 Å². The van der Waals surface area contributed by atoms with Crippen LogP contribution in [-0.4, -0.2) is 105 Å². The molecule has 1 aromatic heterocycles. The molecule has 5 rings (SSSR count). The van der Waals surface area contributed by atoms with Gasteiger partial charge in [-0.25, -0.2) is 0 Å². The van der Waals surface area contributed by atoms with Crippen molar-refractivity contribution >= 4 is 0 Å². The van der Waals surface area contributed by atoms with E-state index in [-0.39, 0.29) is 23.5 Å². The first-order valence-corrected chi connectivity index (χ1v) is 15.2. The summed E-state index contributed by atoms with van der Waals surface area (Å²) in [5.74, 6) is 0.305. The molecule has 11 nitrogen and oxygen atoms in total. The molecule has 0 unspecified atom stereocenters. The number of allylic oxidation sites excluding steroid dienone is 2. The van der Waals surface area contributed by atoms with Crippen LogP contribution in [0.25, 0.3) is 0 Å². The molecule has 12 atom stereocenters. The molecular formula is C31H48O11. The van der Waals surface area contributed by atoms with Crippen LogP contribution >= 0.6 is 0 Å². The number of hydrogen-bond donors (Lipinski definition) is 6. The zero-order valence-corrected chi connectivity index (χ0v) is 25.0. The first-order chi connectivity index (χ1) is 19.9. The Morgan fingerprint density at radius 1 is 0.929 bits per heavy atom. The van der Waals surface area contributed by atoms with Crippen molar-refractivity contribution < 1.29 is 54.0 Å². The lowest BCUT2D eigenvalue weighted by molar-refractivity contribution is -0.368. The van der Waals surface area contributed by atoms with Crippen LogP contribution in [0.3, 0.4) is 0 Å². The Kier molecular flexibility index (Phi) is 9.57. The van der Waals surface area contributed by atoms with Gasteiger partial charge in [0.25, 0.3) is 0 Å². The summed E-state index contributed by atoms with van der Waals surface area (Å²) >= 11 is 0. The van der Waals surface area contributed by atoms with Crippen LogP contribution in [-0.2, 0) is 25.4 Å². The first kappa shape index (κ1) is 32.0. The van der Waals surface area contributed by atoms with Gasteiger partial charge in [0, 0.05) is 0 Å². The number of furan rings is 1. The molecule has 0 spiro atoms. The molecule has 4 aliphatic rings. The Labute approximate surface area is 247 Å². The molecule has 1 saturated carbocycles. The van der Waals surface area contributed by atoms with Crippen LogP contribution in [0.2, 0.25) is 0 Å².